The van der Waals surface area contributed by atoms with Crippen molar-refractivity contribution in [1.82, 2.24) is 0 Å². The molecule has 0 unspecified atom stereocenters. The van der Waals surface area contributed by atoms with E-state index in [4.69, 9.17) is 4.74 Å². The lowest BCUT2D eigenvalue weighted by Gasteiger charge is -2.17. The highest BCUT2D eigenvalue weighted by atomic mass is 32.2. The van der Waals surface area contributed by atoms with Gasteiger partial charge < -0.3 is 4.74 Å². The van der Waals surface area contributed by atoms with Crippen molar-refractivity contribution in [2.24, 2.45) is 5.92 Å². The van der Waals surface area contributed by atoms with Crippen LogP contribution >= 0.6 is 23.5 Å². The van der Waals surface area contributed by atoms with Crippen molar-refractivity contribution in [1.29, 1.82) is 0 Å². The van der Waals surface area contributed by atoms with Gasteiger partial charge in [0.25, 0.3) is 0 Å². The van der Waals surface area contributed by atoms with Crippen LogP contribution < -0.4 is 0 Å². The Hall–Kier alpha value is -0.0000000000000000555. The van der Waals surface area contributed by atoms with Gasteiger partial charge in [0.2, 0.25) is 0 Å². The van der Waals surface area contributed by atoms with E-state index in [0.29, 0.717) is 24.5 Å². The average molecular weight is 276 g/mol. The largest absolute Gasteiger partial charge is 0.381 e. The van der Waals surface area contributed by atoms with Crippen molar-refractivity contribution in [3.63, 3.8) is 0 Å². The monoisotopic (exact) mass is 276 g/mol. The molecule has 1 rings (SSSR count). The van der Waals surface area contributed by atoms with Gasteiger partial charge in [0, 0.05) is 30.5 Å². The Balaban J connectivity index is 2.22. The Morgan fingerprint density at radius 2 is 1.94 bits per heavy atom. The predicted molar refractivity (Wildman–Crippen MR) is 73.9 cm³/mol. The molecule has 0 aliphatic carbocycles. The van der Waals surface area contributed by atoms with E-state index in [-0.39, 0.29) is 17.5 Å². The van der Waals surface area contributed by atoms with E-state index in [0.717, 1.165) is 24.5 Å². The van der Waals surface area contributed by atoms with E-state index < -0.39 is 0 Å². The number of ketones is 2. The van der Waals surface area contributed by atoms with Gasteiger partial charge >= 0.3 is 0 Å². The Kier molecular flexibility index (Phi) is 7.97. The Labute approximate surface area is 111 Å². The van der Waals surface area contributed by atoms with Gasteiger partial charge in [0.05, 0.1) is 18.1 Å². The summed E-state index contributed by atoms with van der Waals surface area (Å²) in [6.07, 6.45) is 1.51. The molecule has 3 nitrogen and oxygen atoms in total. The van der Waals surface area contributed by atoms with Crippen molar-refractivity contribution in [2.75, 3.05) is 36.2 Å². The number of carbonyl (C=O) groups is 2. The van der Waals surface area contributed by atoms with E-state index >= 15 is 0 Å². The lowest BCUT2D eigenvalue weighted by atomic mass is 10.1. The molecule has 17 heavy (non-hydrogen) atoms. The van der Waals surface area contributed by atoms with Crippen LogP contribution in [-0.4, -0.2) is 47.8 Å². The maximum absolute atomic E-state index is 11.9. The second-order valence-electron chi connectivity index (χ2n) is 4.09. The van der Waals surface area contributed by atoms with Gasteiger partial charge in [-0.3, -0.25) is 9.59 Å². The minimum Gasteiger partial charge on any atom is -0.381 e. The summed E-state index contributed by atoms with van der Waals surface area (Å²) < 4.78 is 5.33. The number of ether oxygens (including phenoxy) is 1. The Morgan fingerprint density at radius 1 is 1.29 bits per heavy atom. The molecule has 1 heterocycles. The summed E-state index contributed by atoms with van der Waals surface area (Å²) in [7, 11) is 0. The fraction of sp³-hybridized carbons (Fsp3) is 0.833. The zero-order valence-corrected chi connectivity index (χ0v) is 11.9. The molecular formula is C12H20O3S2. The molecule has 5 heteroatoms. The average Bonchev–Trinajstić information content (AvgIpc) is 2.29. The van der Waals surface area contributed by atoms with E-state index in [1.807, 2.05) is 0 Å². The summed E-state index contributed by atoms with van der Waals surface area (Å²) in [5.41, 5.74) is 0. The van der Waals surface area contributed by atoms with Crippen LogP contribution in [0.2, 0.25) is 0 Å². The van der Waals surface area contributed by atoms with Crippen LogP contribution in [0.4, 0.5) is 0 Å². The highest BCUT2D eigenvalue weighted by Crippen LogP contribution is 2.20. The third-order valence-electron chi connectivity index (χ3n) is 2.46. The fourth-order valence-corrected chi connectivity index (χ4v) is 3.88. The molecule has 1 aliphatic rings. The number of hydrogen-bond donors (Lipinski definition) is 0. The van der Waals surface area contributed by atoms with Crippen LogP contribution in [0.5, 0.6) is 0 Å². The lowest BCUT2D eigenvalue weighted by Crippen LogP contribution is -2.24. The van der Waals surface area contributed by atoms with Crippen LogP contribution in [0.3, 0.4) is 0 Å². The van der Waals surface area contributed by atoms with E-state index in [2.05, 4.69) is 6.92 Å². The van der Waals surface area contributed by atoms with Crippen LogP contribution in [-0.2, 0) is 14.3 Å². The molecule has 0 saturated carbocycles. The number of thioether (sulfide) groups is 2. The molecule has 0 spiro atoms. The first-order valence-corrected chi connectivity index (χ1v) is 8.32. The molecule has 0 bridgehead atoms. The first kappa shape index (κ1) is 15.1. The number of Topliss-reactive ketones (excluding diaryl/α,β-unsaturated/α-hetero) is 2. The van der Waals surface area contributed by atoms with Gasteiger partial charge in [-0.25, -0.2) is 0 Å². The van der Waals surface area contributed by atoms with Gasteiger partial charge in [0.15, 0.2) is 5.78 Å². The summed E-state index contributed by atoms with van der Waals surface area (Å²) in [5.74, 6) is 3.36. The molecule has 0 aromatic rings. The summed E-state index contributed by atoms with van der Waals surface area (Å²) >= 11 is 3.19. The van der Waals surface area contributed by atoms with Crippen LogP contribution in [0.15, 0.2) is 0 Å². The molecule has 0 radical (unpaired) electrons. The zero-order valence-electron chi connectivity index (χ0n) is 10.3. The molecule has 0 N–H and O–H groups in total. The Morgan fingerprint density at radius 3 is 2.53 bits per heavy atom. The molecule has 0 aromatic carbocycles. The van der Waals surface area contributed by atoms with Crippen LogP contribution in [0.25, 0.3) is 0 Å². The van der Waals surface area contributed by atoms with Crippen molar-refractivity contribution in [3.8, 4) is 0 Å². The molecule has 1 fully saturated rings. The molecule has 98 valence electrons. The smallest absolute Gasteiger partial charge is 0.152 e. The van der Waals surface area contributed by atoms with Gasteiger partial charge in [0.1, 0.15) is 5.78 Å². The second-order valence-corrected chi connectivity index (χ2v) is 6.16. The first-order chi connectivity index (χ1) is 8.24. The molecule has 1 aliphatic heterocycles. The third-order valence-corrected chi connectivity index (χ3v) is 4.79. The SMILES string of the molecule is CCCOCCC(=O)C1CSCC(=O)CSC1. The van der Waals surface area contributed by atoms with Crippen LogP contribution in [0.1, 0.15) is 19.8 Å². The summed E-state index contributed by atoms with van der Waals surface area (Å²) in [4.78, 5) is 23.1. The minimum absolute atomic E-state index is 0.100. The van der Waals surface area contributed by atoms with Crippen molar-refractivity contribution in [3.05, 3.63) is 0 Å². The number of carbonyl (C=O) groups excluding carboxylic acids is 2. The maximum Gasteiger partial charge on any atom is 0.152 e. The lowest BCUT2D eigenvalue weighted by molar-refractivity contribution is -0.122. The highest BCUT2D eigenvalue weighted by Gasteiger charge is 2.21. The number of hydrogen-bond acceptors (Lipinski definition) is 5. The van der Waals surface area contributed by atoms with Gasteiger partial charge in [-0.05, 0) is 6.42 Å². The van der Waals surface area contributed by atoms with Gasteiger partial charge in [-0.15, -0.1) is 0 Å². The first-order valence-electron chi connectivity index (χ1n) is 6.01. The molecule has 0 aromatic heterocycles. The van der Waals surface area contributed by atoms with E-state index in [1.165, 1.54) is 0 Å². The topological polar surface area (TPSA) is 43.4 Å². The third kappa shape index (κ3) is 6.48. The summed E-state index contributed by atoms with van der Waals surface area (Å²) in [5, 5.41) is 0. The molecular weight excluding hydrogens is 256 g/mol. The number of rotatable bonds is 6. The standard InChI is InChI=1S/C12H20O3S2/c1-2-4-15-5-3-12(14)10-6-16-8-11(13)9-17-7-10/h10H,2-9H2,1H3. The fourth-order valence-electron chi connectivity index (χ4n) is 1.53. The highest BCUT2D eigenvalue weighted by molar-refractivity contribution is 8.02. The van der Waals surface area contributed by atoms with Crippen molar-refractivity contribution < 1.29 is 14.3 Å². The maximum atomic E-state index is 11.9. The van der Waals surface area contributed by atoms with E-state index in [9.17, 15) is 9.59 Å². The summed E-state index contributed by atoms with van der Waals surface area (Å²) in [6.45, 7) is 3.33. The quantitative estimate of drug-likeness (QED) is 0.695. The van der Waals surface area contributed by atoms with E-state index in [1.54, 1.807) is 23.5 Å². The van der Waals surface area contributed by atoms with Crippen molar-refractivity contribution in [2.45, 2.75) is 19.8 Å². The predicted octanol–water partition coefficient (Wildman–Crippen LogP) is 2.04. The normalized spacial score (nSPS) is 18.8. The second kappa shape index (κ2) is 9.00. The Bertz CT molecular complexity index is 244. The minimum atomic E-state index is 0.100. The molecule has 1 saturated heterocycles. The zero-order chi connectivity index (χ0) is 12.5. The molecule has 0 amide bonds. The van der Waals surface area contributed by atoms with Gasteiger partial charge in [-0.1, -0.05) is 6.92 Å². The van der Waals surface area contributed by atoms with Gasteiger partial charge in [-0.2, -0.15) is 23.5 Å². The summed E-state index contributed by atoms with van der Waals surface area (Å²) in [6, 6.07) is 0. The van der Waals surface area contributed by atoms with Crippen molar-refractivity contribution >= 4 is 35.1 Å². The molecule has 0 atom stereocenters. The van der Waals surface area contributed by atoms with Crippen LogP contribution in [0, 0.1) is 5.92 Å².